The van der Waals surface area contributed by atoms with E-state index in [9.17, 15) is 9.50 Å². The van der Waals surface area contributed by atoms with Crippen LogP contribution in [0.25, 0.3) is 5.76 Å². The van der Waals surface area contributed by atoms with E-state index < -0.39 is 5.82 Å². The Bertz CT molecular complexity index is 363. The summed E-state index contributed by atoms with van der Waals surface area (Å²) in [5.41, 5.74) is 0.304. The maximum absolute atomic E-state index is 12.8. The molecule has 4 heteroatoms. The Balaban J connectivity index is 3.09. The van der Waals surface area contributed by atoms with Crippen LogP contribution in [0.1, 0.15) is 12.5 Å². The van der Waals surface area contributed by atoms with Gasteiger partial charge in [0, 0.05) is 6.07 Å². The molecular formula is C10H10ClFO2. The van der Waals surface area contributed by atoms with Crippen molar-refractivity contribution >= 4 is 17.4 Å². The average Bonchev–Trinajstić information content (AvgIpc) is 2.11. The van der Waals surface area contributed by atoms with Gasteiger partial charge in [-0.1, -0.05) is 18.2 Å². The molecule has 0 unspecified atom stereocenters. The number of benzene rings is 1. The first-order valence-electron chi connectivity index (χ1n) is 4.06. The van der Waals surface area contributed by atoms with Crippen molar-refractivity contribution in [3.8, 4) is 5.75 Å². The van der Waals surface area contributed by atoms with Crippen LogP contribution in [-0.4, -0.2) is 11.7 Å². The van der Waals surface area contributed by atoms with E-state index in [0.29, 0.717) is 12.2 Å². The number of rotatable bonds is 3. The summed E-state index contributed by atoms with van der Waals surface area (Å²) in [6.07, 6.45) is 0. The minimum atomic E-state index is -0.669. The first-order valence-corrected chi connectivity index (χ1v) is 4.44. The summed E-state index contributed by atoms with van der Waals surface area (Å²) < 4.78 is 17.9. The van der Waals surface area contributed by atoms with Gasteiger partial charge in [0.15, 0.2) is 0 Å². The maximum atomic E-state index is 12.8. The van der Waals surface area contributed by atoms with Gasteiger partial charge in [-0.2, -0.15) is 0 Å². The molecule has 0 aliphatic rings. The fourth-order valence-corrected chi connectivity index (χ4v) is 1.18. The second-order valence-electron chi connectivity index (χ2n) is 2.64. The van der Waals surface area contributed by atoms with E-state index in [4.69, 9.17) is 16.3 Å². The van der Waals surface area contributed by atoms with Gasteiger partial charge in [-0.05, 0) is 13.0 Å². The van der Waals surface area contributed by atoms with Crippen molar-refractivity contribution in [1.29, 1.82) is 0 Å². The van der Waals surface area contributed by atoms with Gasteiger partial charge >= 0.3 is 0 Å². The fourth-order valence-electron chi connectivity index (χ4n) is 1.01. The number of phenols is 1. The van der Waals surface area contributed by atoms with Crippen molar-refractivity contribution in [3.63, 3.8) is 0 Å². The molecule has 1 aromatic carbocycles. The molecule has 0 amide bonds. The lowest BCUT2D eigenvalue weighted by Gasteiger charge is -2.09. The second kappa shape index (κ2) is 4.33. The van der Waals surface area contributed by atoms with Crippen LogP contribution in [0.3, 0.4) is 0 Å². The molecule has 0 saturated carbocycles. The minimum absolute atomic E-state index is 0.0707. The van der Waals surface area contributed by atoms with Gasteiger partial charge in [0.25, 0.3) is 0 Å². The number of ether oxygens (including phenoxy) is 1. The van der Waals surface area contributed by atoms with Crippen LogP contribution in [0.4, 0.5) is 4.39 Å². The topological polar surface area (TPSA) is 29.5 Å². The molecule has 0 aromatic heterocycles. The van der Waals surface area contributed by atoms with Crippen LogP contribution >= 0.6 is 11.6 Å². The molecule has 0 aliphatic heterocycles. The lowest BCUT2D eigenvalue weighted by Crippen LogP contribution is -1.92. The normalized spacial score (nSPS) is 9.93. The molecule has 2 nitrogen and oxygen atoms in total. The van der Waals surface area contributed by atoms with Crippen LogP contribution in [0, 0.1) is 5.82 Å². The van der Waals surface area contributed by atoms with Gasteiger partial charge in [-0.3, -0.25) is 0 Å². The third kappa shape index (κ3) is 2.17. The Hall–Kier alpha value is -1.22. The van der Waals surface area contributed by atoms with Crippen molar-refractivity contribution in [2.45, 2.75) is 6.92 Å². The molecule has 76 valence electrons. The molecule has 0 fully saturated rings. The zero-order chi connectivity index (χ0) is 10.7. The third-order valence-electron chi connectivity index (χ3n) is 1.66. The predicted octanol–water partition coefficient (Wildman–Crippen LogP) is 3.19. The standard InChI is InChI=1S/C10H10ClFO2/c1-3-14-6(2)7-4-8(11)9(12)5-10(7)13/h4-5,13H,2-3H2,1H3. The Morgan fingerprint density at radius 3 is 2.86 bits per heavy atom. The molecule has 0 heterocycles. The quantitative estimate of drug-likeness (QED) is 0.787. The summed E-state index contributed by atoms with van der Waals surface area (Å²) in [6, 6.07) is 2.21. The molecule has 0 saturated heterocycles. The van der Waals surface area contributed by atoms with Crippen molar-refractivity contribution in [2.24, 2.45) is 0 Å². The highest BCUT2D eigenvalue weighted by Gasteiger charge is 2.10. The summed E-state index contributed by atoms with van der Waals surface area (Å²) in [7, 11) is 0. The molecule has 1 rings (SSSR count). The summed E-state index contributed by atoms with van der Waals surface area (Å²) >= 11 is 5.55. The highest BCUT2D eigenvalue weighted by atomic mass is 35.5. The molecule has 0 aliphatic carbocycles. The number of halogens is 2. The average molecular weight is 217 g/mol. The molecule has 1 N–H and O–H groups in total. The Labute approximate surface area is 86.6 Å². The summed E-state index contributed by atoms with van der Waals surface area (Å²) in [5, 5.41) is 9.30. The van der Waals surface area contributed by atoms with E-state index in [0.717, 1.165) is 6.07 Å². The molecular weight excluding hydrogens is 207 g/mol. The Kier molecular flexibility index (Phi) is 3.36. The molecule has 0 spiro atoms. The smallest absolute Gasteiger partial charge is 0.145 e. The number of aromatic hydroxyl groups is 1. The lowest BCUT2D eigenvalue weighted by atomic mass is 10.1. The lowest BCUT2D eigenvalue weighted by molar-refractivity contribution is 0.297. The van der Waals surface area contributed by atoms with Crippen molar-refractivity contribution in [3.05, 3.63) is 35.1 Å². The van der Waals surface area contributed by atoms with Gasteiger partial charge in [0.1, 0.15) is 17.3 Å². The van der Waals surface area contributed by atoms with Crippen LogP contribution in [0.2, 0.25) is 5.02 Å². The summed E-state index contributed by atoms with van der Waals surface area (Å²) in [5.74, 6) is -0.630. The minimum Gasteiger partial charge on any atom is -0.507 e. The maximum Gasteiger partial charge on any atom is 0.145 e. The molecule has 0 atom stereocenters. The molecule has 0 radical (unpaired) electrons. The fraction of sp³-hybridized carbons (Fsp3) is 0.200. The van der Waals surface area contributed by atoms with E-state index >= 15 is 0 Å². The van der Waals surface area contributed by atoms with Gasteiger partial charge < -0.3 is 9.84 Å². The van der Waals surface area contributed by atoms with E-state index in [1.54, 1.807) is 6.92 Å². The first-order chi connectivity index (χ1) is 6.56. The van der Waals surface area contributed by atoms with Gasteiger partial charge in [-0.25, -0.2) is 4.39 Å². The monoisotopic (exact) mass is 216 g/mol. The Morgan fingerprint density at radius 2 is 2.29 bits per heavy atom. The van der Waals surface area contributed by atoms with E-state index in [1.807, 2.05) is 0 Å². The predicted molar refractivity (Wildman–Crippen MR) is 53.7 cm³/mol. The van der Waals surface area contributed by atoms with Crippen LogP contribution in [0.15, 0.2) is 18.7 Å². The van der Waals surface area contributed by atoms with E-state index in [-0.39, 0.29) is 16.5 Å². The number of hydrogen-bond donors (Lipinski definition) is 1. The molecule has 14 heavy (non-hydrogen) atoms. The molecule has 0 bridgehead atoms. The third-order valence-corrected chi connectivity index (χ3v) is 1.95. The highest BCUT2D eigenvalue weighted by molar-refractivity contribution is 6.31. The van der Waals surface area contributed by atoms with Crippen molar-refractivity contribution in [1.82, 2.24) is 0 Å². The Morgan fingerprint density at radius 1 is 1.64 bits per heavy atom. The van der Waals surface area contributed by atoms with Gasteiger partial charge in [0.05, 0.1) is 17.2 Å². The SMILES string of the molecule is C=C(OCC)c1cc(Cl)c(F)cc1O. The number of hydrogen-bond acceptors (Lipinski definition) is 2. The second-order valence-corrected chi connectivity index (χ2v) is 3.05. The van der Waals surface area contributed by atoms with Crippen molar-refractivity contribution in [2.75, 3.05) is 6.61 Å². The summed E-state index contributed by atoms with van der Waals surface area (Å²) in [4.78, 5) is 0. The van der Waals surface area contributed by atoms with Gasteiger partial charge in [0.2, 0.25) is 0 Å². The zero-order valence-corrected chi connectivity index (χ0v) is 8.44. The van der Waals surface area contributed by atoms with Crippen LogP contribution in [0.5, 0.6) is 5.75 Å². The first kappa shape index (κ1) is 10.9. The highest BCUT2D eigenvalue weighted by Crippen LogP contribution is 2.29. The van der Waals surface area contributed by atoms with Crippen molar-refractivity contribution < 1.29 is 14.2 Å². The zero-order valence-electron chi connectivity index (χ0n) is 7.68. The van der Waals surface area contributed by atoms with Crippen LogP contribution in [-0.2, 0) is 4.74 Å². The van der Waals surface area contributed by atoms with E-state index in [2.05, 4.69) is 6.58 Å². The largest absolute Gasteiger partial charge is 0.507 e. The van der Waals surface area contributed by atoms with Crippen LogP contribution < -0.4 is 0 Å². The van der Waals surface area contributed by atoms with Gasteiger partial charge in [-0.15, -0.1) is 0 Å². The van der Waals surface area contributed by atoms with E-state index in [1.165, 1.54) is 6.07 Å². The summed E-state index contributed by atoms with van der Waals surface area (Å²) in [6.45, 7) is 5.79. The number of phenolic OH excluding ortho intramolecular Hbond substituents is 1. The molecule has 1 aromatic rings.